The Balaban J connectivity index is 1.92. The molecule has 1 atom stereocenters. The first-order valence-electron chi connectivity index (χ1n) is 5.78. The van der Waals surface area contributed by atoms with Crippen LogP contribution in [0.15, 0.2) is 18.2 Å². The van der Waals surface area contributed by atoms with Crippen LogP contribution in [0.1, 0.15) is 20.3 Å². The molecule has 3 nitrogen and oxygen atoms in total. The quantitative estimate of drug-likeness (QED) is 0.795. The van der Waals surface area contributed by atoms with Gasteiger partial charge in [-0.2, -0.15) is 4.39 Å². The van der Waals surface area contributed by atoms with Crippen LogP contribution in [0.3, 0.4) is 0 Å². The standard InChI is InChI=1S/C12H18FN3/c1-9(2)16-7-6-10(8-16)14-12-5-3-4-11(13)15-12/h3-5,9-10H,6-8H2,1-2H3,(H,14,15). The van der Waals surface area contributed by atoms with Gasteiger partial charge in [0.1, 0.15) is 5.82 Å². The first-order valence-corrected chi connectivity index (χ1v) is 5.78. The molecule has 0 radical (unpaired) electrons. The van der Waals surface area contributed by atoms with Crippen LogP contribution in [0.5, 0.6) is 0 Å². The predicted molar refractivity (Wildman–Crippen MR) is 62.9 cm³/mol. The van der Waals surface area contributed by atoms with E-state index in [1.54, 1.807) is 12.1 Å². The van der Waals surface area contributed by atoms with Gasteiger partial charge in [0.05, 0.1) is 0 Å². The minimum Gasteiger partial charge on any atom is -0.366 e. The number of pyridine rings is 1. The zero-order valence-electron chi connectivity index (χ0n) is 9.78. The molecule has 2 heterocycles. The Kier molecular flexibility index (Phi) is 3.39. The number of aromatic nitrogens is 1. The molecule has 0 aliphatic carbocycles. The van der Waals surface area contributed by atoms with Gasteiger partial charge < -0.3 is 5.32 Å². The molecule has 0 saturated carbocycles. The van der Waals surface area contributed by atoms with Crippen molar-refractivity contribution in [2.75, 3.05) is 18.4 Å². The van der Waals surface area contributed by atoms with Crippen LogP contribution in [0.4, 0.5) is 10.2 Å². The fourth-order valence-electron chi connectivity index (χ4n) is 2.07. The Morgan fingerprint density at radius 2 is 2.31 bits per heavy atom. The van der Waals surface area contributed by atoms with Crippen molar-refractivity contribution < 1.29 is 4.39 Å². The number of likely N-dealkylation sites (tertiary alicyclic amines) is 1. The van der Waals surface area contributed by atoms with Gasteiger partial charge in [0.25, 0.3) is 0 Å². The van der Waals surface area contributed by atoms with Crippen molar-refractivity contribution in [3.05, 3.63) is 24.1 Å². The Hall–Kier alpha value is -1.16. The third-order valence-corrected chi connectivity index (χ3v) is 3.02. The van der Waals surface area contributed by atoms with Gasteiger partial charge in [-0.05, 0) is 32.4 Å². The lowest BCUT2D eigenvalue weighted by Gasteiger charge is -2.20. The zero-order valence-corrected chi connectivity index (χ0v) is 9.78. The van der Waals surface area contributed by atoms with Gasteiger partial charge in [0.15, 0.2) is 0 Å². The van der Waals surface area contributed by atoms with E-state index in [1.165, 1.54) is 6.07 Å². The van der Waals surface area contributed by atoms with Gasteiger partial charge in [-0.3, -0.25) is 4.90 Å². The molecule has 16 heavy (non-hydrogen) atoms. The summed E-state index contributed by atoms with van der Waals surface area (Å²) in [7, 11) is 0. The number of anilines is 1. The van der Waals surface area contributed by atoms with E-state index in [1.807, 2.05) is 0 Å². The molecule has 0 aromatic carbocycles. The first kappa shape index (κ1) is 11.3. The second-order valence-corrected chi connectivity index (χ2v) is 4.56. The van der Waals surface area contributed by atoms with Crippen molar-refractivity contribution in [3.63, 3.8) is 0 Å². The van der Waals surface area contributed by atoms with Crippen molar-refractivity contribution in [3.8, 4) is 0 Å². The number of hydrogen-bond acceptors (Lipinski definition) is 3. The number of hydrogen-bond donors (Lipinski definition) is 1. The number of nitrogens with zero attached hydrogens (tertiary/aromatic N) is 2. The number of rotatable bonds is 3. The van der Waals surface area contributed by atoms with Gasteiger partial charge in [0, 0.05) is 25.2 Å². The fraction of sp³-hybridized carbons (Fsp3) is 0.583. The molecule has 0 bridgehead atoms. The van der Waals surface area contributed by atoms with Crippen molar-refractivity contribution >= 4 is 5.82 Å². The predicted octanol–water partition coefficient (Wildman–Crippen LogP) is 2.12. The molecule has 4 heteroatoms. The maximum atomic E-state index is 12.9. The molecular formula is C12H18FN3. The van der Waals surface area contributed by atoms with Crippen LogP contribution in [0, 0.1) is 5.95 Å². The third-order valence-electron chi connectivity index (χ3n) is 3.02. The van der Waals surface area contributed by atoms with E-state index in [0.717, 1.165) is 19.5 Å². The molecule has 0 spiro atoms. The van der Waals surface area contributed by atoms with E-state index in [0.29, 0.717) is 17.9 Å². The Bertz CT molecular complexity index is 354. The summed E-state index contributed by atoms with van der Waals surface area (Å²) in [6.45, 7) is 6.51. The molecule has 1 aliphatic rings. The highest BCUT2D eigenvalue weighted by atomic mass is 19.1. The van der Waals surface area contributed by atoms with Crippen LogP contribution in [0.2, 0.25) is 0 Å². The van der Waals surface area contributed by atoms with E-state index in [4.69, 9.17) is 0 Å². The normalized spacial score (nSPS) is 21.6. The molecule has 0 amide bonds. The Labute approximate surface area is 95.7 Å². The van der Waals surface area contributed by atoms with Gasteiger partial charge in [-0.15, -0.1) is 0 Å². The highest BCUT2D eigenvalue weighted by molar-refractivity contribution is 5.35. The molecule has 1 unspecified atom stereocenters. The third kappa shape index (κ3) is 2.70. The topological polar surface area (TPSA) is 28.2 Å². The van der Waals surface area contributed by atoms with Crippen molar-refractivity contribution in [1.82, 2.24) is 9.88 Å². The van der Waals surface area contributed by atoms with Crippen molar-refractivity contribution in [2.24, 2.45) is 0 Å². The van der Waals surface area contributed by atoms with Crippen LogP contribution in [0.25, 0.3) is 0 Å². The molecule has 1 aromatic heterocycles. The molecule has 1 aromatic rings. The lowest BCUT2D eigenvalue weighted by atomic mass is 10.2. The van der Waals surface area contributed by atoms with Crippen LogP contribution in [-0.4, -0.2) is 35.1 Å². The van der Waals surface area contributed by atoms with Crippen LogP contribution >= 0.6 is 0 Å². The van der Waals surface area contributed by atoms with Crippen molar-refractivity contribution in [1.29, 1.82) is 0 Å². The van der Waals surface area contributed by atoms with E-state index in [2.05, 4.69) is 29.0 Å². The molecule has 1 aliphatic heterocycles. The fourth-order valence-corrected chi connectivity index (χ4v) is 2.07. The average molecular weight is 223 g/mol. The summed E-state index contributed by atoms with van der Waals surface area (Å²) in [5.74, 6) is 0.208. The summed E-state index contributed by atoms with van der Waals surface area (Å²) < 4.78 is 12.9. The molecule has 88 valence electrons. The summed E-state index contributed by atoms with van der Waals surface area (Å²) in [5, 5.41) is 3.27. The summed E-state index contributed by atoms with van der Waals surface area (Å²) in [6, 6.07) is 5.81. The zero-order chi connectivity index (χ0) is 11.5. The second kappa shape index (κ2) is 4.78. The summed E-state index contributed by atoms with van der Waals surface area (Å²) in [4.78, 5) is 6.22. The molecule has 1 saturated heterocycles. The molecule has 1 N–H and O–H groups in total. The maximum absolute atomic E-state index is 12.9. The van der Waals surface area contributed by atoms with Gasteiger partial charge in [-0.1, -0.05) is 6.07 Å². The van der Waals surface area contributed by atoms with E-state index >= 15 is 0 Å². The summed E-state index contributed by atoms with van der Waals surface area (Å²) >= 11 is 0. The summed E-state index contributed by atoms with van der Waals surface area (Å²) in [6.07, 6.45) is 1.09. The van der Waals surface area contributed by atoms with Crippen LogP contribution in [-0.2, 0) is 0 Å². The van der Waals surface area contributed by atoms with E-state index in [9.17, 15) is 4.39 Å². The minimum absolute atomic E-state index is 0.386. The average Bonchev–Trinajstić information content (AvgIpc) is 2.66. The minimum atomic E-state index is -0.427. The largest absolute Gasteiger partial charge is 0.366 e. The van der Waals surface area contributed by atoms with Gasteiger partial charge in [0.2, 0.25) is 5.95 Å². The van der Waals surface area contributed by atoms with Gasteiger partial charge in [-0.25, -0.2) is 4.98 Å². The summed E-state index contributed by atoms with van der Waals surface area (Å²) in [5.41, 5.74) is 0. The van der Waals surface area contributed by atoms with E-state index < -0.39 is 5.95 Å². The monoisotopic (exact) mass is 223 g/mol. The number of halogens is 1. The number of nitrogens with one attached hydrogen (secondary N) is 1. The Morgan fingerprint density at radius 1 is 1.50 bits per heavy atom. The van der Waals surface area contributed by atoms with E-state index in [-0.39, 0.29) is 0 Å². The van der Waals surface area contributed by atoms with Crippen molar-refractivity contribution in [2.45, 2.75) is 32.4 Å². The second-order valence-electron chi connectivity index (χ2n) is 4.56. The Morgan fingerprint density at radius 3 is 2.94 bits per heavy atom. The highest BCUT2D eigenvalue weighted by Crippen LogP contribution is 2.16. The maximum Gasteiger partial charge on any atom is 0.214 e. The lowest BCUT2D eigenvalue weighted by molar-refractivity contribution is 0.274. The molecule has 1 fully saturated rings. The van der Waals surface area contributed by atoms with Crippen LogP contribution < -0.4 is 5.32 Å². The first-order chi connectivity index (χ1) is 7.65. The molecule has 2 rings (SSSR count). The van der Waals surface area contributed by atoms with Gasteiger partial charge >= 0.3 is 0 Å². The highest BCUT2D eigenvalue weighted by Gasteiger charge is 2.24. The SMILES string of the molecule is CC(C)N1CCC(Nc2cccc(F)n2)C1. The smallest absolute Gasteiger partial charge is 0.214 e. The molecular weight excluding hydrogens is 205 g/mol. The lowest BCUT2D eigenvalue weighted by Crippen LogP contribution is -2.31.